The van der Waals surface area contributed by atoms with Gasteiger partial charge in [0.1, 0.15) is 6.54 Å². The van der Waals surface area contributed by atoms with Gasteiger partial charge in [0.15, 0.2) is 11.6 Å². The van der Waals surface area contributed by atoms with Crippen molar-refractivity contribution >= 4 is 11.7 Å². The van der Waals surface area contributed by atoms with Crippen LogP contribution in [0.4, 0.5) is 23.4 Å². The van der Waals surface area contributed by atoms with Gasteiger partial charge in [0.25, 0.3) is 5.91 Å². The summed E-state index contributed by atoms with van der Waals surface area (Å²) < 4.78 is 50.0. The van der Waals surface area contributed by atoms with Gasteiger partial charge in [-0.15, -0.1) is 0 Å². The summed E-state index contributed by atoms with van der Waals surface area (Å²) in [6.07, 6.45) is -3.39. The van der Waals surface area contributed by atoms with E-state index in [1.807, 2.05) is 0 Å². The molecule has 8 heteroatoms. The van der Waals surface area contributed by atoms with Crippen LogP contribution in [0.1, 0.15) is 10.4 Å². The molecule has 0 bridgehead atoms. The number of pyridine rings is 1. The Morgan fingerprint density at radius 1 is 1.50 bits per heavy atom. The molecule has 1 rings (SSSR count). The molecule has 1 heterocycles. The third-order valence-electron chi connectivity index (χ3n) is 2.12. The maximum absolute atomic E-state index is 13.7. The third kappa shape index (κ3) is 3.31. The molecular formula is C10H11F4N3O. The zero-order valence-electron chi connectivity index (χ0n) is 9.68. The molecule has 1 amide bonds. The molecule has 0 radical (unpaired) electrons. The Kier molecular flexibility index (Phi) is 4.10. The van der Waals surface area contributed by atoms with Crippen molar-refractivity contribution < 1.29 is 22.4 Å². The van der Waals surface area contributed by atoms with Gasteiger partial charge in [0.2, 0.25) is 0 Å². The summed E-state index contributed by atoms with van der Waals surface area (Å²) in [4.78, 5) is 15.6. The lowest BCUT2D eigenvalue weighted by atomic mass is 10.2. The molecule has 0 aliphatic carbocycles. The van der Waals surface area contributed by atoms with Crippen LogP contribution in [0, 0.1) is 5.82 Å². The summed E-state index contributed by atoms with van der Waals surface area (Å²) in [7, 11) is 2.34. The van der Waals surface area contributed by atoms with Crippen LogP contribution in [0.15, 0.2) is 12.3 Å². The van der Waals surface area contributed by atoms with E-state index in [9.17, 15) is 22.4 Å². The summed E-state index contributed by atoms with van der Waals surface area (Å²) in [6, 6.07) is 1.03. The van der Waals surface area contributed by atoms with Crippen molar-refractivity contribution in [3.05, 3.63) is 23.6 Å². The first kappa shape index (κ1) is 14.2. The molecule has 0 aliphatic rings. The monoisotopic (exact) mass is 265 g/mol. The lowest BCUT2D eigenvalue weighted by molar-refractivity contribution is -0.138. The van der Waals surface area contributed by atoms with Crippen LogP contribution >= 0.6 is 0 Å². The van der Waals surface area contributed by atoms with E-state index in [2.05, 4.69) is 10.3 Å². The highest BCUT2D eigenvalue weighted by Gasteiger charge is 2.32. The summed E-state index contributed by atoms with van der Waals surface area (Å²) in [5.41, 5.74) is -0.457. The normalized spacial score (nSPS) is 11.2. The van der Waals surface area contributed by atoms with Gasteiger partial charge in [-0.1, -0.05) is 0 Å². The zero-order chi connectivity index (χ0) is 13.9. The molecule has 1 aromatic heterocycles. The van der Waals surface area contributed by atoms with Crippen molar-refractivity contribution in [2.45, 2.75) is 6.18 Å². The highest BCUT2D eigenvalue weighted by Crippen LogP contribution is 2.19. The lowest BCUT2D eigenvalue weighted by Gasteiger charge is -2.19. The van der Waals surface area contributed by atoms with Crippen molar-refractivity contribution in [3.63, 3.8) is 0 Å². The van der Waals surface area contributed by atoms with Crippen LogP contribution in [-0.2, 0) is 0 Å². The predicted octanol–water partition coefficient (Wildman–Crippen LogP) is 1.90. The van der Waals surface area contributed by atoms with E-state index in [1.54, 1.807) is 0 Å². The van der Waals surface area contributed by atoms with Crippen molar-refractivity contribution in [2.75, 3.05) is 26.0 Å². The first-order valence-electron chi connectivity index (χ1n) is 4.90. The summed E-state index contributed by atoms with van der Waals surface area (Å²) >= 11 is 0. The molecule has 0 unspecified atom stereocenters. The minimum atomic E-state index is -4.53. The molecule has 0 saturated carbocycles. The lowest BCUT2D eigenvalue weighted by Crippen LogP contribution is -2.36. The molecule has 0 atom stereocenters. The van der Waals surface area contributed by atoms with Crippen LogP contribution < -0.4 is 5.32 Å². The van der Waals surface area contributed by atoms with Gasteiger partial charge < -0.3 is 10.2 Å². The van der Waals surface area contributed by atoms with Crippen LogP contribution in [0.3, 0.4) is 0 Å². The molecule has 1 aromatic rings. The van der Waals surface area contributed by atoms with E-state index in [4.69, 9.17) is 0 Å². The molecule has 0 saturated heterocycles. The molecule has 1 N–H and O–H groups in total. The third-order valence-corrected chi connectivity index (χ3v) is 2.12. The van der Waals surface area contributed by atoms with Gasteiger partial charge in [-0.05, 0) is 6.07 Å². The Morgan fingerprint density at radius 3 is 2.61 bits per heavy atom. The molecule has 0 aliphatic heterocycles. The molecule has 4 nitrogen and oxygen atoms in total. The number of rotatable bonds is 3. The Morgan fingerprint density at radius 2 is 2.11 bits per heavy atom. The predicted molar refractivity (Wildman–Crippen MR) is 56.8 cm³/mol. The van der Waals surface area contributed by atoms with Crippen molar-refractivity contribution in [1.82, 2.24) is 9.88 Å². The Labute approximate surface area is 101 Å². The number of aromatic nitrogens is 1. The average Bonchev–Trinajstić information content (AvgIpc) is 2.26. The van der Waals surface area contributed by atoms with Gasteiger partial charge in [-0.25, -0.2) is 9.37 Å². The van der Waals surface area contributed by atoms with E-state index in [-0.39, 0.29) is 5.82 Å². The first-order valence-corrected chi connectivity index (χ1v) is 4.90. The van der Waals surface area contributed by atoms with E-state index in [0.29, 0.717) is 4.90 Å². The quantitative estimate of drug-likeness (QED) is 0.849. The van der Waals surface area contributed by atoms with Gasteiger partial charge >= 0.3 is 6.18 Å². The standard InChI is InChI=1S/C10H11F4N3O/c1-15-8-7(11)6(3-4-16-8)9(18)17(2)5-10(12,13)14/h3-4H,5H2,1-2H3,(H,15,16). The second-order valence-electron chi connectivity index (χ2n) is 3.55. The maximum atomic E-state index is 13.7. The minimum absolute atomic E-state index is 0.193. The van der Waals surface area contributed by atoms with Gasteiger partial charge in [-0.2, -0.15) is 13.2 Å². The molecule has 100 valence electrons. The summed E-state index contributed by atoms with van der Waals surface area (Å²) in [6.45, 7) is -1.44. The number of hydrogen-bond acceptors (Lipinski definition) is 3. The number of carbonyl (C=O) groups excluding carboxylic acids is 1. The van der Waals surface area contributed by atoms with E-state index >= 15 is 0 Å². The summed E-state index contributed by atoms with van der Waals surface area (Å²) in [5, 5.41) is 2.40. The molecule has 0 spiro atoms. The number of hydrogen-bond donors (Lipinski definition) is 1. The van der Waals surface area contributed by atoms with Crippen molar-refractivity contribution in [1.29, 1.82) is 0 Å². The van der Waals surface area contributed by atoms with E-state index in [1.165, 1.54) is 7.05 Å². The molecular weight excluding hydrogens is 254 g/mol. The number of anilines is 1. The molecule has 0 fully saturated rings. The highest BCUT2D eigenvalue weighted by atomic mass is 19.4. The Balaban J connectivity index is 2.97. The maximum Gasteiger partial charge on any atom is 0.406 e. The number of alkyl halides is 3. The fourth-order valence-corrected chi connectivity index (χ4v) is 1.33. The van der Waals surface area contributed by atoms with E-state index in [0.717, 1.165) is 19.3 Å². The van der Waals surface area contributed by atoms with Gasteiger partial charge in [-0.3, -0.25) is 4.79 Å². The second kappa shape index (κ2) is 5.19. The molecule has 0 aromatic carbocycles. The summed E-state index contributed by atoms with van der Waals surface area (Å²) in [5.74, 6) is -2.22. The van der Waals surface area contributed by atoms with Crippen molar-refractivity contribution in [3.8, 4) is 0 Å². The Hall–Kier alpha value is -1.86. The first-order chi connectivity index (χ1) is 8.26. The fourth-order valence-electron chi connectivity index (χ4n) is 1.33. The number of nitrogens with zero attached hydrogens (tertiary/aromatic N) is 2. The number of amides is 1. The average molecular weight is 265 g/mol. The van der Waals surface area contributed by atoms with Gasteiger partial charge in [0.05, 0.1) is 5.56 Å². The van der Waals surface area contributed by atoms with Gasteiger partial charge in [0, 0.05) is 20.3 Å². The SMILES string of the molecule is CNc1nccc(C(=O)N(C)CC(F)(F)F)c1F. The highest BCUT2D eigenvalue weighted by molar-refractivity contribution is 5.95. The fraction of sp³-hybridized carbons (Fsp3) is 0.400. The van der Waals surface area contributed by atoms with Crippen molar-refractivity contribution in [2.24, 2.45) is 0 Å². The zero-order valence-corrected chi connectivity index (χ0v) is 9.68. The van der Waals surface area contributed by atoms with Crippen LogP contribution in [0.25, 0.3) is 0 Å². The topological polar surface area (TPSA) is 45.2 Å². The number of nitrogens with one attached hydrogen (secondary N) is 1. The second-order valence-corrected chi connectivity index (χ2v) is 3.55. The van der Waals surface area contributed by atoms with Crippen LogP contribution in [0.5, 0.6) is 0 Å². The number of carbonyl (C=O) groups is 1. The van der Waals surface area contributed by atoms with Crippen LogP contribution in [0.2, 0.25) is 0 Å². The van der Waals surface area contributed by atoms with Crippen LogP contribution in [-0.4, -0.2) is 42.6 Å². The smallest absolute Gasteiger partial charge is 0.371 e. The van der Waals surface area contributed by atoms with E-state index < -0.39 is 30.0 Å². The number of halogens is 4. The Bertz CT molecular complexity index is 447. The molecule has 18 heavy (non-hydrogen) atoms. The largest absolute Gasteiger partial charge is 0.406 e. The minimum Gasteiger partial charge on any atom is -0.371 e.